The van der Waals surface area contributed by atoms with Crippen LogP contribution in [-0.2, 0) is 11.3 Å². The van der Waals surface area contributed by atoms with Crippen molar-refractivity contribution in [3.63, 3.8) is 0 Å². The van der Waals surface area contributed by atoms with Crippen LogP contribution in [0.5, 0.6) is 5.75 Å². The molecule has 1 aromatic carbocycles. The Morgan fingerprint density at radius 1 is 1.18 bits per heavy atom. The molecular weight excluding hydrogens is 477 g/mol. The van der Waals surface area contributed by atoms with Gasteiger partial charge in [-0.1, -0.05) is 23.2 Å². The molecule has 34 heavy (non-hydrogen) atoms. The summed E-state index contributed by atoms with van der Waals surface area (Å²) < 4.78 is 11.5. The van der Waals surface area contributed by atoms with E-state index in [1.165, 1.54) is 12.4 Å². The Morgan fingerprint density at radius 2 is 1.91 bits per heavy atom. The zero-order chi connectivity index (χ0) is 24.3. The Bertz CT molecular complexity index is 1160. The summed E-state index contributed by atoms with van der Waals surface area (Å²) in [5.41, 5.74) is 8.37. The molecule has 0 spiro atoms. The third-order valence-corrected chi connectivity index (χ3v) is 6.23. The lowest BCUT2D eigenvalue weighted by molar-refractivity contribution is -0.0628. The molecule has 8 nitrogen and oxygen atoms in total. The monoisotopic (exact) mass is 501 g/mol. The van der Waals surface area contributed by atoms with Crippen LogP contribution in [0.4, 0.5) is 11.5 Å². The number of nitrogens with one attached hydrogen (secondary N) is 1. The molecule has 2 aromatic heterocycles. The lowest BCUT2D eigenvalue weighted by atomic mass is 9.96. The standard InChI is InChI=1S/C24H25Cl2N5O3/c1-24(34-7-6-32)13-31(14-24)22-5-2-15(9-30-22)23(28)17-8-16(3-4-21(17)27)33-12-18-19(25)10-29-11-20(18)26/h2-5,8-11,28,32H,6-7,12-14,27H2,1H3. The number of nitrogens with two attached hydrogens (primary N) is 1. The zero-order valence-electron chi connectivity index (χ0n) is 18.6. The average Bonchev–Trinajstić information content (AvgIpc) is 2.81. The molecule has 0 aliphatic carbocycles. The molecule has 10 heteroatoms. The average molecular weight is 502 g/mol. The van der Waals surface area contributed by atoms with Crippen LogP contribution in [0.2, 0.25) is 10.0 Å². The molecule has 3 heterocycles. The summed E-state index contributed by atoms with van der Waals surface area (Å²) in [6.07, 6.45) is 4.68. The topological polar surface area (TPSA) is 118 Å². The van der Waals surface area contributed by atoms with Gasteiger partial charge in [0.15, 0.2) is 0 Å². The second-order valence-electron chi connectivity index (χ2n) is 8.28. The number of nitrogen functional groups attached to an aromatic ring is 1. The fourth-order valence-electron chi connectivity index (χ4n) is 3.76. The first-order valence-electron chi connectivity index (χ1n) is 10.6. The normalized spacial score (nSPS) is 14.5. The Balaban J connectivity index is 1.43. The van der Waals surface area contributed by atoms with Crippen molar-refractivity contribution in [1.29, 1.82) is 5.41 Å². The van der Waals surface area contributed by atoms with E-state index in [4.69, 9.17) is 48.9 Å². The number of ether oxygens (including phenoxy) is 2. The van der Waals surface area contributed by atoms with Crippen LogP contribution in [0.15, 0.2) is 48.9 Å². The summed E-state index contributed by atoms with van der Waals surface area (Å²) in [7, 11) is 0. The van der Waals surface area contributed by atoms with Crippen molar-refractivity contribution >= 4 is 40.4 Å². The van der Waals surface area contributed by atoms with E-state index < -0.39 is 0 Å². The van der Waals surface area contributed by atoms with E-state index >= 15 is 0 Å². The summed E-state index contributed by atoms with van der Waals surface area (Å²) in [6.45, 7) is 3.87. The van der Waals surface area contributed by atoms with Crippen LogP contribution >= 0.6 is 23.2 Å². The van der Waals surface area contributed by atoms with E-state index in [0.29, 0.717) is 57.9 Å². The second kappa shape index (κ2) is 10.1. The van der Waals surface area contributed by atoms with E-state index in [1.807, 2.05) is 19.1 Å². The number of anilines is 2. The van der Waals surface area contributed by atoms with E-state index in [0.717, 1.165) is 5.82 Å². The van der Waals surface area contributed by atoms with Crippen LogP contribution in [-0.4, -0.2) is 52.7 Å². The first-order valence-corrected chi connectivity index (χ1v) is 11.4. The Kier molecular flexibility index (Phi) is 7.23. The number of hydrogen-bond acceptors (Lipinski definition) is 8. The van der Waals surface area contributed by atoms with Crippen molar-refractivity contribution in [3.05, 3.63) is 75.7 Å². The van der Waals surface area contributed by atoms with Crippen LogP contribution in [0.1, 0.15) is 23.6 Å². The first kappa shape index (κ1) is 24.2. The first-order chi connectivity index (χ1) is 16.3. The van der Waals surface area contributed by atoms with Gasteiger partial charge in [0.2, 0.25) is 0 Å². The van der Waals surface area contributed by atoms with Gasteiger partial charge in [-0.15, -0.1) is 0 Å². The number of rotatable bonds is 9. The molecule has 0 saturated carbocycles. The number of benzene rings is 1. The third kappa shape index (κ3) is 5.26. The van der Waals surface area contributed by atoms with Gasteiger partial charge in [-0.3, -0.25) is 10.4 Å². The van der Waals surface area contributed by atoms with Crippen LogP contribution in [0, 0.1) is 5.41 Å². The molecule has 1 aliphatic rings. The van der Waals surface area contributed by atoms with Crippen molar-refractivity contribution in [2.45, 2.75) is 19.1 Å². The van der Waals surface area contributed by atoms with Crippen LogP contribution < -0.4 is 15.4 Å². The van der Waals surface area contributed by atoms with Gasteiger partial charge in [-0.2, -0.15) is 0 Å². The highest BCUT2D eigenvalue weighted by Crippen LogP contribution is 2.30. The molecule has 4 rings (SSSR count). The number of aliphatic hydroxyl groups excluding tert-OH is 1. The molecule has 0 amide bonds. The second-order valence-corrected chi connectivity index (χ2v) is 9.09. The van der Waals surface area contributed by atoms with Gasteiger partial charge in [0.25, 0.3) is 0 Å². The lowest BCUT2D eigenvalue weighted by Gasteiger charge is -2.48. The molecule has 0 unspecified atom stereocenters. The maximum absolute atomic E-state index is 8.95. The van der Waals surface area contributed by atoms with Gasteiger partial charge in [-0.25, -0.2) is 4.98 Å². The Morgan fingerprint density at radius 3 is 2.56 bits per heavy atom. The lowest BCUT2D eigenvalue weighted by Crippen LogP contribution is -2.62. The van der Waals surface area contributed by atoms with Gasteiger partial charge in [0.05, 0.1) is 29.0 Å². The zero-order valence-corrected chi connectivity index (χ0v) is 20.1. The highest BCUT2D eigenvalue weighted by Gasteiger charge is 2.40. The van der Waals surface area contributed by atoms with Crippen LogP contribution in [0.3, 0.4) is 0 Å². The van der Waals surface area contributed by atoms with E-state index in [-0.39, 0.29) is 24.5 Å². The minimum absolute atomic E-state index is 0.00521. The number of halogens is 2. The summed E-state index contributed by atoms with van der Waals surface area (Å²) in [6, 6.07) is 8.87. The summed E-state index contributed by atoms with van der Waals surface area (Å²) >= 11 is 12.3. The fourth-order valence-corrected chi connectivity index (χ4v) is 4.23. The number of hydrogen-bond donors (Lipinski definition) is 3. The van der Waals surface area contributed by atoms with Crippen molar-refractivity contribution in [2.24, 2.45) is 0 Å². The van der Waals surface area contributed by atoms with E-state index in [9.17, 15) is 0 Å². The molecular formula is C24H25Cl2N5O3. The fraction of sp³-hybridized carbons (Fsp3) is 0.292. The molecule has 1 saturated heterocycles. The van der Waals surface area contributed by atoms with Crippen LogP contribution in [0.25, 0.3) is 0 Å². The highest BCUT2D eigenvalue weighted by molar-refractivity contribution is 6.35. The molecule has 1 aliphatic heterocycles. The summed E-state index contributed by atoms with van der Waals surface area (Å²) in [4.78, 5) is 10.5. The van der Waals surface area contributed by atoms with Gasteiger partial charge >= 0.3 is 0 Å². The number of aromatic nitrogens is 2. The minimum atomic E-state index is -0.282. The molecule has 3 aromatic rings. The maximum Gasteiger partial charge on any atom is 0.128 e. The van der Waals surface area contributed by atoms with E-state index in [2.05, 4.69) is 14.9 Å². The SMILES string of the molecule is CC1(OCCO)CN(c2ccc(C(=N)c3cc(OCc4c(Cl)cncc4Cl)ccc3N)cn2)C1. The smallest absolute Gasteiger partial charge is 0.128 e. The molecule has 0 bridgehead atoms. The predicted octanol–water partition coefficient (Wildman–Crippen LogP) is 3.95. The molecule has 0 radical (unpaired) electrons. The number of nitrogens with zero attached hydrogens (tertiary/aromatic N) is 3. The minimum Gasteiger partial charge on any atom is -0.489 e. The third-order valence-electron chi connectivity index (χ3n) is 5.58. The van der Waals surface area contributed by atoms with Gasteiger partial charge in [0, 0.05) is 54.1 Å². The largest absolute Gasteiger partial charge is 0.489 e. The molecule has 0 atom stereocenters. The molecule has 4 N–H and O–H groups in total. The van der Waals surface area contributed by atoms with Crippen molar-refractivity contribution in [2.75, 3.05) is 36.9 Å². The van der Waals surface area contributed by atoms with Crippen molar-refractivity contribution in [1.82, 2.24) is 9.97 Å². The number of aliphatic hydroxyl groups is 1. The summed E-state index contributed by atoms with van der Waals surface area (Å²) in [5.74, 6) is 1.34. The van der Waals surface area contributed by atoms with Gasteiger partial charge in [0.1, 0.15) is 23.8 Å². The Labute approximate surface area is 207 Å². The number of pyridine rings is 2. The molecule has 1 fully saturated rings. The summed E-state index contributed by atoms with van der Waals surface area (Å²) in [5, 5.41) is 18.5. The predicted molar refractivity (Wildman–Crippen MR) is 133 cm³/mol. The molecule has 178 valence electrons. The van der Waals surface area contributed by atoms with Crippen molar-refractivity contribution < 1.29 is 14.6 Å². The van der Waals surface area contributed by atoms with E-state index in [1.54, 1.807) is 24.4 Å². The van der Waals surface area contributed by atoms with Gasteiger partial charge < -0.3 is 25.2 Å². The maximum atomic E-state index is 8.95. The van der Waals surface area contributed by atoms with Gasteiger partial charge in [-0.05, 0) is 37.3 Å². The quantitative estimate of drug-likeness (QED) is 0.300. The Hall–Kier alpha value is -2.91. The van der Waals surface area contributed by atoms with Crippen molar-refractivity contribution in [3.8, 4) is 5.75 Å². The highest BCUT2D eigenvalue weighted by atomic mass is 35.5.